The normalized spacial score (nSPS) is 13.0. The highest BCUT2D eigenvalue weighted by Crippen LogP contribution is 2.28. The third kappa shape index (κ3) is 4.41. The molecule has 1 rings (SSSR count). The summed E-state index contributed by atoms with van der Waals surface area (Å²) >= 11 is 12.1. The minimum absolute atomic E-state index is 0.103. The zero-order chi connectivity index (χ0) is 13.5. The molecule has 102 valence electrons. The molecule has 1 aromatic carbocycles. The molecule has 0 saturated heterocycles. The van der Waals surface area contributed by atoms with Crippen LogP contribution in [0.4, 0.5) is 0 Å². The van der Waals surface area contributed by atoms with Crippen molar-refractivity contribution in [2.24, 2.45) is 5.73 Å². The lowest BCUT2D eigenvalue weighted by atomic mass is 10.1. The lowest BCUT2D eigenvalue weighted by Crippen LogP contribution is -2.32. The van der Waals surface area contributed by atoms with Crippen molar-refractivity contribution >= 4 is 23.2 Å². The van der Waals surface area contributed by atoms with Crippen LogP contribution in [0.25, 0.3) is 0 Å². The Hall–Kier alpha value is -0.320. The van der Waals surface area contributed by atoms with Crippen molar-refractivity contribution in [2.45, 2.75) is 12.5 Å². The van der Waals surface area contributed by atoms with Crippen molar-refractivity contribution in [3.8, 4) is 0 Å². The number of hydrogen-bond donors (Lipinski definition) is 1. The number of rotatable bonds is 7. The molecule has 18 heavy (non-hydrogen) atoms. The molecule has 0 aromatic heterocycles. The maximum atomic E-state index is 6.22. The fourth-order valence-electron chi connectivity index (χ4n) is 1.93. The van der Waals surface area contributed by atoms with Crippen LogP contribution in [-0.2, 0) is 4.74 Å². The summed E-state index contributed by atoms with van der Waals surface area (Å²) in [6, 6.07) is 5.64. The maximum absolute atomic E-state index is 6.22. The summed E-state index contributed by atoms with van der Waals surface area (Å²) < 4.78 is 5.05. The fourth-order valence-corrected chi connectivity index (χ4v) is 2.46. The van der Waals surface area contributed by atoms with Gasteiger partial charge in [-0.05, 0) is 31.2 Å². The Kier molecular flexibility index (Phi) is 6.97. The van der Waals surface area contributed by atoms with E-state index in [1.54, 1.807) is 13.2 Å². The third-order valence-electron chi connectivity index (χ3n) is 2.94. The minimum Gasteiger partial charge on any atom is -0.385 e. The van der Waals surface area contributed by atoms with Crippen LogP contribution >= 0.6 is 23.2 Å². The molecule has 0 spiro atoms. The van der Waals surface area contributed by atoms with E-state index in [4.69, 9.17) is 33.7 Å². The highest BCUT2D eigenvalue weighted by Gasteiger charge is 2.17. The summed E-state index contributed by atoms with van der Waals surface area (Å²) in [7, 11) is 3.74. The highest BCUT2D eigenvalue weighted by molar-refractivity contribution is 6.35. The van der Waals surface area contributed by atoms with Crippen molar-refractivity contribution in [3.05, 3.63) is 33.8 Å². The number of halogens is 2. The third-order valence-corrected chi connectivity index (χ3v) is 3.50. The number of likely N-dealkylation sites (N-methyl/N-ethyl adjacent to an activating group) is 1. The van der Waals surface area contributed by atoms with E-state index in [0.717, 1.165) is 25.1 Å². The minimum atomic E-state index is 0.103. The number of benzene rings is 1. The molecule has 2 N–H and O–H groups in total. The van der Waals surface area contributed by atoms with E-state index >= 15 is 0 Å². The van der Waals surface area contributed by atoms with Crippen LogP contribution in [0.15, 0.2) is 18.2 Å². The van der Waals surface area contributed by atoms with E-state index in [1.165, 1.54) is 0 Å². The highest BCUT2D eigenvalue weighted by atomic mass is 35.5. The van der Waals surface area contributed by atoms with E-state index in [2.05, 4.69) is 4.90 Å². The van der Waals surface area contributed by atoms with Crippen LogP contribution in [0, 0.1) is 0 Å². The number of nitrogens with two attached hydrogens (primary N) is 1. The summed E-state index contributed by atoms with van der Waals surface area (Å²) in [6.45, 7) is 2.18. The average Bonchev–Trinajstić information content (AvgIpc) is 2.33. The van der Waals surface area contributed by atoms with Crippen molar-refractivity contribution in [2.75, 3.05) is 33.9 Å². The number of ether oxygens (including phenoxy) is 1. The van der Waals surface area contributed by atoms with Gasteiger partial charge in [0.25, 0.3) is 0 Å². The van der Waals surface area contributed by atoms with Gasteiger partial charge in [0, 0.05) is 42.9 Å². The summed E-state index contributed by atoms with van der Waals surface area (Å²) in [5.41, 5.74) is 6.87. The topological polar surface area (TPSA) is 38.5 Å². The molecule has 0 aliphatic rings. The molecule has 0 aliphatic carbocycles. The molecular weight excluding hydrogens is 271 g/mol. The van der Waals surface area contributed by atoms with Crippen LogP contribution in [0.3, 0.4) is 0 Å². The van der Waals surface area contributed by atoms with E-state index in [0.29, 0.717) is 16.6 Å². The monoisotopic (exact) mass is 290 g/mol. The average molecular weight is 291 g/mol. The zero-order valence-electron chi connectivity index (χ0n) is 10.8. The number of nitrogens with zero attached hydrogens (tertiary/aromatic N) is 1. The second kappa shape index (κ2) is 7.97. The first-order valence-corrected chi connectivity index (χ1v) is 6.70. The molecule has 0 radical (unpaired) electrons. The Morgan fingerprint density at radius 1 is 1.39 bits per heavy atom. The van der Waals surface area contributed by atoms with Gasteiger partial charge in [0.1, 0.15) is 0 Å². The molecule has 0 heterocycles. The fraction of sp³-hybridized carbons (Fsp3) is 0.538. The lowest BCUT2D eigenvalue weighted by molar-refractivity contribution is 0.166. The lowest BCUT2D eigenvalue weighted by Gasteiger charge is -2.28. The number of methoxy groups -OCH3 is 1. The van der Waals surface area contributed by atoms with Crippen LogP contribution in [0.5, 0.6) is 0 Å². The van der Waals surface area contributed by atoms with Crippen molar-refractivity contribution in [1.82, 2.24) is 4.90 Å². The van der Waals surface area contributed by atoms with E-state index in [1.807, 2.05) is 19.2 Å². The van der Waals surface area contributed by atoms with Gasteiger partial charge >= 0.3 is 0 Å². The van der Waals surface area contributed by atoms with Gasteiger partial charge in [-0.1, -0.05) is 29.3 Å². The Bertz CT molecular complexity index is 374. The van der Waals surface area contributed by atoms with Crippen LogP contribution in [-0.4, -0.2) is 38.8 Å². The molecule has 0 aliphatic heterocycles. The van der Waals surface area contributed by atoms with Crippen LogP contribution in [0.2, 0.25) is 10.0 Å². The zero-order valence-corrected chi connectivity index (χ0v) is 12.3. The van der Waals surface area contributed by atoms with Crippen molar-refractivity contribution in [1.29, 1.82) is 0 Å². The summed E-state index contributed by atoms with van der Waals surface area (Å²) in [6.07, 6.45) is 0.967. The van der Waals surface area contributed by atoms with Gasteiger partial charge in [-0.2, -0.15) is 0 Å². The second-order valence-electron chi connectivity index (χ2n) is 4.24. The van der Waals surface area contributed by atoms with Gasteiger partial charge in [-0.25, -0.2) is 0 Å². The van der Waals surface area contributed by atoms with Gasteiger partial charge in [-0.3, -0.25) is 4.90 Å². The summed E-state index contributed by atoms with van der Waals surface area (Å²) in [5, 5.41) is 1.30. The quantitative estimate of drug-likeness (QED) is 0.785. The van der Waals surface area contributed by atoms with Crippen molar-refractivity contribution in [3.63, 3.8) is 0 Å². The first kappa shape index (κ1) is 15.7. The molecule has 1 atom stereocenters. The summed E-state index contributed by atoms with van der Waals surface area (Å²) in [5.74, 6) is 0. The van der Waals surface area contributed by atoms with Gasteiger partial charge in [0.05, 0.1) is 0 Å². The van der Waals surface area contributed by atoms with E-state index < -0.39 is 0 Å². The molecule has 3 nitrogen and oxygen atoms in total. The van der Waals surface area contributed by atoms with E-state index in [-0.39, 0.29) is 6.04 Å². The summed E-state index contributed by atoms with van der Waals surface area (Å²) in [4.78, 5) is 2.19. The van der Waals surface area contributed by atoms with Crippen molar-refractivity contribution < 1.29 is 4.74 Å². The molecule has 5 heteroatoms. The predicted octanol–water partition coefficient (Wildman–Crippen LogP) is 2.96. The van der Waals surface area contributed by atoms with Gasteiger partial charge in [0.2, 0.25) is 0 Å². The largest absolute Gasteiger partial charge is 0.385 e. The number of hydrogen-bond acceptors (Lipinski definition) is 3. The molecule has 0 saturated carbocycles. The maximum Gasteiger partial charge on any atom is 0.0482 e. The second-order valence-corrected chi connectivity index (χ2v) is 5.09. The first-order chi connectivity index (χ1) is 8.60. The Morgan fingerprint density at radius 2 is 2.11 bits per heavy atom. The Balaban J connectivity index is 2.75. The molecule has 0 amide bonds. The van der Waals surface area contributed by atoms with Gasteiger partial charge in [-0.15, -0.1) is 0 Å². The van der Waals surface area contributed by atoms with Gasteiger partial charge in [0.15, 0.2) is 0 Å². The van der Waals surface area contributed by atoms with Crippen LogP contribution < -0.4 is 5.73 Å². The molecule has 1 unspecified atom stereocenters. The standard InChI is InChI=1S/C13H20Cl2N2O/c1-17(6-3-7-18-2)13(9-16)11-5-4-10(14)8-12(11)15/h4-5,8,13H,3,6-7,9,16H2,1-2H3. The molecule has 0 fully saturated rings. The Labute approximate surface area is 119 Å². The Morgan fingerprint density at radius 3 is 2.67 bits per heavy atom. The van der Waals surface area contributed by atoms with Crippen LogP contribution in [0.1, 0.15) is 18.0 Å². The SMILES string of the molecule is COCCCN(C)C(CN)c1ccc(Cl)cc1Cl. The van der Waals surface area contributed by atoms with E-state index in [9.17, 15) is 0 Å². The van der Waals surface area contributed by atoms with Gasteiger partial charge < -0.3 is 10.5 Å². The first-order valence-electron chi connectivity index (χ1n) is 5.94. The molecular formula is C13H20Cl2N2O. The molecule has 0 bridgehead atoms. The predicted molar refractivity (Wildman–Crippen MR) is 77.4 cm³/mol. The molecule has 1 aromatic rings. The smallest absolute Gasteiger partial charge is 0.0482 e.